The Bertz CT molecular complexity index is 605. The van der Waals surface area contributed by atoms with E-state index in [1.165, 1.54) is 10.9 Å². The molecule has 78 valence electrons. The average Bonchev–Trinajstić information content (AvgIpc) is 2.73. The quantitative estimate of drug-likeness (QED) is 0.599. The third-order valence-electron chi connectivity index (χ3n) is 2.78. The fourth-order valence-electron chi connectivity index (χ4n) is 1.91. The van der Waals surface area contributed by atoms with Crippen LogP contribution in [0.2, 0.25) is 0 Å². The molecule has 0 aliphatic carbocycles. The molecule has 0 saturated carbocycles. The number of rotatable bonds is 1. The van der Waals surface area contributed by atoms with E-state index in [1.54, 1.807) is 0 Å². The first-order valence-corrected chi connectivity index (χ1v) is 5.35. The van der Waals surface area contributed by atoms with E-state index < -0.39 is 0 Å². The van der Waals surface area contributed by atoms with Gasteiger partial charge in [-0.25, -0.2) is 4.68 Å². The molecule has 0 spiro atoms. The summed E-state index contributed by atoms with van der Waals surface area (Å²) in [5, 5.41) is 5.73. The van der Waals surface area contributed by atoms with E-state index in [9.17, 15) is 0 Å². The van der Waals surface area contributed by atoms with Crippen LogP contribution < -0.4 is 0 Å². The van der Waals surface area contributed by atoms with E-state index in [0.717, 1.165) is 11.2 Å². The normalized spacial score (nSPS) is 10.8. The van der Waals surface area contributed by atoms with E-state index in [1.807, 2.05) is 35.0 Å². The summed E-state index contributed by atoms with van der Waals surface area (Å²) in [6, 6.07) is 16.4. The van der Waals surface area contributed by atoms with Crippen LogP contribution in [-0.2, 0) is 0 Å². The highest BCUT2D eigenvalue weighted by Gasteiger charge is 2.03. The molecule has 0 unspecified atom stereocenters. The van der Waals surface area contributed by atoms with Gasteiger partial charge in [-0.15, -0.1) is 0 Å². The molecule has 0 aliphatic rings. The summed E-state index contributed by atoms with van der Waals surface area (Å²) < 4.78 is 1.94. The summed E-state index contributed by atoms with van der Waals surface area (Å²) in [4.78, 5) is 0. The molecule has 1 aromatic heterocycles. The lowest BCUT2D eigenvalue weighted by Crippen LogP contribution is -1.96. The molecule has 0 fully saturated rings. The van der Waals surface area contributed by atoms with Crippen LogP contribution in [0.15, 0.2) is 54.7 Å². The van der Waals surface area contributed by atoms with E-state index in [4.69, 9.17) is 0 Å². The zero-order valence-corrected chi connectivity index (χ0v) is 9.09. The zero-order valence-electron chi connectivity index (χ0n) is 9.09. The van der Waals surface area contributed by atoms with Gasteiger partial charge >= 0.3 is 0 Å². The lowest BCUT2D eigenvalue weighted by molar-refractivity contribution is 0.888. The Morgan fingerprint density at radius 1 is 0.938 bits per heavy atom. The molecule has 0 aliphatic heterocycles. The van der Waals surface area contributed by atoms with Crippen molar-refractivity contribution in [2.75, 3.05) is 0 Å². The van der Waals surface area contributed by atoms with Crippen LogP contribution in [0.4, 0.5) is 0 Å². The molecule has 16 heavy (non-hydrogen) atoms. The molecule has 0 bridgehead atoms. The SMILES string of the molecule is Cc1ccccc1-n1cc2ccccc2n1. The smallest absolute Gasteiger partial charge is 0.0927 e. The van der Waals surface area contributed by atoms with Crippen LogP contribution in [0.1, 0.15) is 5.56 Å². The molecule has 3 aromatic rings. The van der Waals surface area contributed by atoms with Crippen molar-refractivity contribution in [2.24, 2.45) is 0 Å². The first-order chi connectivity index (χ1) is 7.84. The maximum atomic E-state index is 4.56. The Hall–Kier alpha value is -2.09. The predicted molar refractivity (Wildman–Crippen MR) is 65.8 cm³/mol. The second kappa shape index (κ2) is 3.49. The van der Waals surface area contributed by atoms with Gasteiger partial charge in [-0.1, -0.05) is 36.4 Å². The molecule has 0 N–H and O–H groups in total. The van der Waals surface area contributed by atoms with Gasteiger partial charge in [0.25, 0.3) is 0 Å². The lowest BCUT2D eigenvalue weighted by Gasteiger charge is -2.03. The van der Waals surface area contributed by atoms with Gasteiger partial charge in [0.1, 0.15) is 0 Å². The summed E-state index contributed by atoms with van der Waals surface area (Å²) in [6.45, 7) is 2.10. The van der Waals surface area contributed by atoms with Crippen LogP contribution in [0.3, 0.4) is 0 Å². The summed E-state index contributed by atoms with van der Waals surface area (Å²) >= 11 is 0. The number of nitrogens with zero attached hydrogens (tertiary/aromatic N) is 2. The Morgan fingerprint density at radius 3 is 2.50 bits per heavy atom. The second-order valence-electron chi connectivity index (χ2n) is 3.92. The van der Waals surface area contributed by atoms with Crippen molar-refractivity contribution in [3.63, 3.8) is 0 Å². The minimum atomic E-state index is 1.03. The van der Waals surface area contributed by atoms with Gasteiger partial charge in [0, 0.05) is 11.6 Å². The molecule has 3 rings (SSSR count). The largest absolute Gasteiger partial charge is 0.239 e. The van der Waals surface area contributed by atoms with Gasteiger partial charge < -0.3 is 0 Å². The van der Waals surface area contributed by atoms with Crippen LogP contribution >= 0.6 is 0 Å². The molecule has 2 heteroatoms. The van der Waals surface area contributed by atoms with Crippen molar-refractivity contribution in [1.29, 1.82) is 0 Å². The van der Waals surface area contributed by atoms with Crippen LogP contribution in [0.25, 0.3) is 16.6 Å². The van der Waals surface area contributed by atoms with Crippen molar-refractivity contribution in [3.8, 4) is 5.69 Å². The van der Waals surface area contributed by atoms with Crippen LogP contribution in [0, 0.1) is 6.92 Å². The fraction of sp³-hybridized carbons (Fsp3) is 0.0714. The van der Waals surface area contributed by atoms with E-state index in [-0.39, 0.29) is 0 Å². The Labute approximate surface area is 94.1 Å². The minimum absolute atomic E-state index is 1.03. The number of aromatic nitrogens is 2. The van der Waals surface area contributed by atoms with Gasteiger partial charge in [-0.05, 0) is 24.6 Å². The second-order valence-corrected chi connectivity index (χ2v) is 3.92. The molecule has 1 heterocycles. The highest BCUT2D eigenvalue weighted by atomic mass is 15.3. The third kappa shape index (κ3) is 1.39. The molecule has 0 saturated heterocycles. The van der Waals surface area contributed by atoms with Crippen molar-refractivity contribution in [2.45, 2.75) is 6.92 Å². The number of para-hydroxylation sites is 1. The minimum Gasteiger partial charge on any atom is -0.239 e. The molecular formula is C14H12N2. The summed E-state index contributed by atoms with van der Waals surface area (Å²) in [5.74, 6) is 0. The Kier molecular flexibility index (Phi) is 2.00. The molecule has 0 radical (unpaired) electrons. The van der Waals surface area contributed by atoms with Gasteiger partial charge in [0.05, 0.1) is 11.2 Å². The number of aryl methyl sites for hydroxylation is 1. The highest BCUT2D eigenvalue weighted by Crippen LogP contribution is 2.17. The van der Waals surface area contributed by atoms with Crippen molar-refractivity contribution in [3.05, 3.63) is 60.3 Å². The van der Waals surface area contributed by atoms with E-state index in [2.05, 4.69) is 36.4 Å². The zero-order chi connectivity index (χ0) is 11.0. The van der Waals surface area contributed by atoms with Crippen LogP contribution in [-0.4, -0.2) is 9.78 Å². The van der Waals surface area contributed by atoms with Crippen molar-refractivity contribution < 1.29 is 0 Å². The summed E-state index contributed by atoms with van der Waals surface area (Å²) in [5.41, 5.74) is 3.40. The number of hydrogen-bond acceptors (Lipinski definition) is 1. The molecule has 0 atom stereocenters. The maximum Gasteiger partial charge on any atom is 0.0927 e. The topological polar surface area (TPSA) is 17.8 Å². The maximum absolute atomic E-state index is 4.56. The molecule has 2 nitrogen and oxygen atoms in total. The number of hydrogen-bond donors (Lipinski definition) is 0. The van der Waals surface area contributed by atoms with Gasteiger partial charge in [0.2, 0.25) is 0 Å². The van der Waals surface area contributed by atoms with Gasteiger partial charge in [-0.2, -0.15) is 5.10 Å². The lowest BCUT2D eigenvalue weighted by atomic mass is 10.2. The van der Waals surface area contributed by atoms with Gasteiger partial charge in [0.15, 0.2) is 0 Å². The first-order valence-electron chi connectivity index (χ1n) is 5.35. The predicted octanol–water partition coefficient (Wildman–Crippen LogP) is 3.33. The summed E-state index contributed by atoms with van der Waals surface area (Å²) in [6.07, 6.45) is 2.07. The summed E-state index contributed by atoms with van der Waals surface area (Å²) in [7, 11) is 0. The standard InChI is InChI=1S/C14H12N2/c1-11-6-2-5-9-14(11)16-10-12-7-3-4-8-13(12)15-16/h2-10H,1H3. The first kappa shape index (κ1) is 9.16. The molecular weight excluding hydrogens is 196 g/mol. The van der Waals surface area contributed by atoms with E-state index in [0.29, 0.717) is 0 Å². The highest BCUT2D eigenvalue weighted by molar-refractivity contribution is 5.78. The average molecular weight is 208 g/mol. The van der Waals surface area contributed by atoms with Crippen LogP contribution in [0.5, 0.6) is 0 Å². The monoisotopic (exact) mass is 208 g/mol. The van der Waals surface area contributed by atoms with E-state index >= 15 is 0 Å². The molecule has 0 amide bonds. The number of benzene rings is 2. The van der Waals surface area contributed by atoms with Crippen molar-refractivity contribution in [1.82, 2.24) is 9.78 Å². The van der Waals surface area contributed by atoms with Crippen molar-refractivity contribution >= 4 is 10.9 Å². The third-order valence-corrected chi connectivity index (χ3v) is 2.78. The Balaban J connectivity index is 2.23. The number of fused-ring (bicyclic) bond motifs is 1. The fourth-order valence-corrected chi connectivity index (χ4v) is 1.91. The molecule has 2 aromatic carbocycles. The van der Waals surface area contributed by atoms with Gasteiger partial charge in [-0.3, -0.25) is 0 Å². The Morgan fingerprint density at radius 2 is 1.69 bits per heavy atom.